The van der Waals surface area contributed by atoms with Gasteiger partial charge >= 0.3 is 0 Å². The van der Waals surface area contributed by atoms with Crippen LogP contribution in [0, 0.1) is 5.41 Å². The van der Waals surface area contributed by atoms with Gasteiger partial charge in [-0.25, -0.2) is 0 Å². The molecule has 2 atom stereocenters. The molecular formula is C21H32N4O2. The summed E-state index contributed by atoms with van der Waals surface area (Å²) in [5.41, 5.74) is 0.574. The van der Waals surface area contributed by atoms with Crippen LogP contribution in [0.4, 0.5) is 0 Å². The van der Waals surface area contributed by atoms with Gasteiger partial charge < -0.3 is 15.1 Å². The van der Waals surface area contributed by atoms with E-state index in [-0.39, 0.29) is 17.9 Å². The number of hydrogen-bond donors (Lipinski definition) is 1. The molecular weight excluding hydrogens is 340 g/mol. The maximum absolute atomic E-state index is 13.3. The highest BCUT2D eigenvalue weighted by Gasteiger charge is 2.52. The van der Waals surface area contributed by atoms with Gasteiger partial charge in [0.1, 0.15) is 0 Å². The quantitative estimate of drug-likeness (QED) is 0.793. The van der Waals surface area contributed by atoms with Gasteiger partial charge in [0.05, 0.1) is 5.41 Å². The fraction of sp³-hybridized carbons (Fsp3) is 0.667. The van der Waals surface area contributed by atoms with Crippen LogP contribution >= 0.6 is 0 Å². The number of fused-ring (bicyclic) bond motifs is 1. The van der Waals surface area contributed by atoms with E-state index in [1.807, 2.05) is 37.2 Å². The van der Waals surface area contributed by atoms with Crippen molar-refractivity contribution >= 4 is 11.8 Å². The van der Waals surface area contributed by atoms with Crippen molar-refractivity contribution in [3.8, 4) is 0 Å². The van der Waals surface area contributed by atoms with Gasteiger partial charge in [0.15, 0.2) is 0 Å². The van der Waals surface area contributed by atoms with Crippen molar-refractivity contribution in [2.24, 2.45) is 5.41 Å². The number of amides is 2. The smallest absolute Gasteiger partial charge is 0.228 e. The molecule has 0 aromatic carbocycles. The van der Waals surface area contributed by atoms with Gasteiger partial charge in [-0.05, 0) is 45.5 Å². The van der Waals surface area contributed by atoms with E-state index in [4.69, 9.17) is 0 Å². The third-order valence-electron chi connectivity index (χ3n) is 6.10. The van der Waals surface area contributed by atoms with E-state index in [0.29, 0.717) is 25.9 Å². The van der Waals surface area contributed by atoms with Crippen LogP contribution in [0.5, 0.6) is 0 Å². The van der Waals surface area contributed by atoms with Crippen LogP contribution in [0.2, 0.25) is 0 Å². The highest BCUT2D eigenvalue weighted by molar-refractivity contribution is 5.88. The summed E-state index contributed by atoms with van der Waals surface area (Å²) < 4.78 is 0. The number of likely N-dealkylation sites (N-methyl/N-ethyl adjacent to an activating group) is 1. The summed E-state index contributed by atoms with van der Waals surface area (Å²) in [6.45, 7) is 2.13. The number of pyridine rings is 1. The summed E-state index contributed by atoms with van der Waals surface area (Å²) in [4.78, 5) is 34.3. The molecule has 27 heavy (non-hydrogen) atoms. The van der Waals surface area contributed by atoms with Gasteiger partial charge in [0, 0.05) is 50.4 Å². The van der Waals surface area contributed by atoms with Crippen molar-refractivity contribution in [1.82, 2.24) is 20.1 Å². The monoisotopic (exact) mass is 372 g/mol. The Hall–Kier alpha value is -1.95. The number of likely N-dealkylation sites (tertiary alicyclic amines) is 1. The van der Waals surface area contributed by atoms with E-state index in [1.54, 1.807) is 6.20 Å². The molecule has 0 spiro atoms. The molecule has 0 bridgehead atoms. The molecule has 2 aliphatic rings. The molecule has 1 saturated carbocycles. The van der Waals surface area contributed by atoms with E-state index in [9.17, 15) is 9.59 Å². The summed E-state index contributed by atoms with van der Waals surface area (Å²) >= 11 is 0. The van der Waals surface area contributed by atoms with Gasteiger partial charge in [-0.15, -0.1) is 0 Å². The molecule has 3 rings (SSSR count). The molecule has 6 heteroatoms. The highest BCUT2D eigenvalue weighted by atomic mass is 16.2. The largest absolute Gasteiger partial charge is 0.355 e. The van der Waals surface area contributed by atoms with Crippen molar-refractivity contribution in [3.05, 3.63) is 30.1 Å². The molecule has 6 nitrogen and oxygen atoms in total. The number of aromatic nitrogens is 1. The van der Waals surface area contributed by atoms with Crippen LogP contribution in [0.15, 0.2) is 24.4 Å². The number of carbonyl (C=O) groups is 2. The number of hydrogen-bond acceptors (Lipinski definition) is 4. The van der Waals surface area contributed by atoms with E-state index in [0.717, 1.165) is 44.3 Å². The van der Waals surface area contributed by atoms with Gasteiger partial charge in [0.25, 0.3) is 0 Å². The van der Waals surface area contributed by atoms with Crippen LogP contribution in [0.25, 0.3) is 0 Å². The van der Waals surface area contributed by atoms with E-state index in [1.165, 1.54) is 0 Å². The number of nitrogens with zero attached hydrogens (tertiary/aromatic N) is 3. The SMILES string of the molecule is CN(C)CCN1C(=O)CC[C@@]2(C(=O)NCCc3ccccn3)CCCC[C@H]12. The summed E-state index contributed by atoms with van der Waals surface area (Å²) in [6, 6.07) is 5.89. The summed E-state index contributed by atoms with van der Waals surface area (Å²) in [6.07, 6.45) is 7.67. The second-order valence-electron chi connectivity index (χ2n) is 8.14. The first-order chi connectivity index (χ1) is 13.0. The Balaban J connectivity index is 1.68. The number of rotatable bonds is 7. The normalized spacial score (nSPS) is 25.4. The second kappa shape index (κ2) is 8.83. The topological polar surface area (TPSA) is 65.5 Å². The first kappa shape index (κ1) is 19.8. The number of piperidine rings is 1. The molecule has 0 unspecified atom stereocenters. The van der Waals surface area contributed by atoms with Crippen LogP contribution in [0.1, 0.15) is 44.2 Å². The fourth-order valence-electron chi connectivity index (χ4n) is 4.61. The molecule has 0 radical (unpaired) electrons. The lowest BCUT2D eigenvalue weighted by atomic mass is 9.64. The first-order valence-electron chi connectivity index (χ1n) is 10.2. The van der Waals surface area contributed by atoms with Crippen LogP contribution < -0.4 is 5.32 Å². The van der Waals surface area contributed by atoms with Crippen LogP contribution in [-0.2, 0) is 16.0 Å². The average Bonchev–Trinajstić information content (AvgIpc) is 2.68. The van der Waals surface area contributed by atoms with E-state index < -0.39 is 5.41 Å². The van der Waals surface area contributed by atoms with Crippen molar-refractivity contribution in [2.75, 3.05) is 33.7 Å². The van der Waals surface area contributed by atoms with Crippen LogP contribution in [-0.4, -0.2) is 66.4 Å². The van der Waals surface area contributed by atoms with Crippen LogP contribution in [0.3, 0.4) is 0 Å². The van der Waals surface area contributed by atoms with E-state index >= 15 is 0 Å². The molecule has 1 saturated heterocycles. The minimum absolute atomic E-state index is 0.0438. The van der Waals surface area contributed by atoms with Gasteiger partial charge in [0.2, 0.25) is 11.8 Å². The fourth-order valence-corrected chi connectivity index (χ4v) is 4.61. The van der Waals surface area contributed by atoms with Crippen molar-refractivity contribution in [3.63, 3.8) is 0 Å². The first-order valence-corrected chi connectivity index (χ1v) is 10.2. The number of nitrogens with one attached hydrogen (secondary N) is 1. The standard InChI is InChI=1S/C21H32N4O2/c1-24(2)15-16-25-18-8-3-5-11-21(18,12-9-19(25)26)20(27)23-14-10-17-7-4-6-13-22-17/h4,6-7,13,18H,3,5,8-12,14-16H2,1-2H3,(H,23,27)/t18-,21-/m0/s1. The lowest BCUT2D eigenvalue weighted by molar-refractivity contribution is -0.155. The van der Waals surface area contributed by atoms with Gasteiger partial charge in [-0.1, -0.05) is 18.9 Å². The Bertz CT molecular complexity index is 649. The number of carbonyl (C=O) groups excluding carboxylic acids is 2. The zero-order valence-corrected chi connectivity index (χ0v) is 16.6. The van der Waals surface area contributed by atoms with E-state index in [2.05, 4.69) is 15.2 Å². The van der Waals surface area contributed by atoms with Crippen molar-refractivity contribution in [1.29, 1.82) is 0 Å². The maximum atomic E-state index is 13.3. The molecule has 2 heterocycles. The van der Waals surface area contributed by atoms with Crippen molar-refractivity contribution in [2.45, 2.75) is 51.0 Å². The molecule has 1 N–H and O–H groups in total. The van der Waals surface area contributed by atoms with Crippen molar-refractivity contribution < 1.29 is 9.59 Å². The molecule has 1 aromatic rings. The Morgan fingerprint density at radius 1 is 1.33 bits per heavy atom. The molecule has 2 fully saturated rings. The summed E-state index contributed by atoms with van der Waals surface area (Å²) in [7, 11) is 4.04. The molecule has 1 aliphatic carbocycles. The Labute approximate surface area is 162 Å². The molecule has 1 aromatic heterocycles. The lowest BCUT2D eigenvalue weighted by Gasteiger charge is -2.51. The predicted octanol–water partition coefficient (Wildman–Crippen LogP) is 1.85. The maximum Gasteiger partial charge on any atom is 0.228 e. The molecule has 2 amide bonds. The van der Waals surface area contributed by atoms with Gasteiger partial charge in [-0.3, -0.25) is 14.6 Å². The Morgan fingerprint density at radius 2 is 2.19 bits per heavy atom. The summed E-state index contributed by atoms with van der Waals surface area (Å²) in [5.74, 6) is 0.339. The average molecular weight is 373 g/mol. The Morgan fingerprint density at radius 3 is 2.93 bits per heavy atom. The molecule has 1 aliphatic heterocycles. The second-order valence-corrected chi connectivity index (χ2v) is 8.14. The lowest BCUT2D eigenvalue weighted by Crippen LogP contribution is -2.62. The minimum Gasteiger partial charge on any atom is -0.355 e. The Kier molecular flexibility index (Phi) is 6.47. The zero-order chi connectivity index (χ0) is 19.3. The molecule has 148 valence electrons. The summed E-state index contributed by atoms with van der Waals surface area (Å²) in [5, 5.41) is 3.16. The third kappa shape index (κ3) is 4.49. The predicted molar refractivity (Wildman–Crippen MR) is 105 cm³/mol. The third-order valence-corrected chi connectivity index (χ3v) is 6.10. The van der Waals surface area contributed by atoms with Gasteiger partial charge in [-0.2, -0.15) is 0 Å². The minimum atomic E-state index is -0.414. The zero-order valence-electron chi connectivity index (χ0n) is 16.6. The highest BCUT2D eigenvalue weighted by Crippen LogP contribution is 2.46.